The third-order valence-electron chi connectivity index (χ3n) is 1.25. The van der Waals surface area contributed by atoms with Gasteiger partial charge in [0.25, 0.3) is 0 Å². The number of alkyl halides is 1. The van der Waals surface area contributed by atoms with E-state index < -0.39 is 0 Å². The van der Waals surface area contributed by atoms with Gasteiger partial charge in [-0.1, -0.05) is 22.9 Å². The molecular weight excluding hydrogens is 196 g/mol. The van der Waals surface area contributed by atoms with Crippen molar-refractivity contribution in [3.05, 3.63) is 0 Å². The Kier molecular flexibility index (Phi) is 6.38. The van der Waals surface area contributed by atoms with E-state index in [0.29, 0.717) is 11.4 Å². The highest BCUT2D eigenvalue weighted by atomic mass is 79.9. The van der Waals surface area contributed by atoms with Gasteiger partial charge in [0.1, 0.15) is 0 Å². The molecule has 0 heterocycles. The molecule has 0 saturated heterocycles. The quantitative estimate of drug-likeness (QED) is 0.512. The van der Waals surface area contributed by atoms with Crippen LogP contribution in [0.4, 0.5) is 0 Å². The first-order valence-electron chi connectivity index (χ1n) is 3.54. The van der Waals surface area contributed by atoms with Crippen LogP contribution in [0.1, 0.15) is 20.3 Å². The highest BCUT2D eigenvalue weighted by Gasteiger charge is 2.15. The SMILES string of the molecule is CCO[C@@H](OC)[C@@H](Br)CC. The summed E-state index contributed by atoms with van der Waals surface area (Å²) in [6.07, 6.45) is 0.911. The second kappa shape index (κ2) is 6.13. The third-order valence-corrected chi connectivity index (χ3v) is 2.33. The fourth-order valence-corrected chi connectivity index (χ4v) is 1.05. The van der Waals surface area contributed by atoms with Crippen molar-refractivity contribution in [2.75, 3.05) is 13.7 Å². The summed E-state index contributed by atoms with van der Waals surface area (Å²) >= 11 is 3.45. The molecule has 0 unspecified atom stereocenters. The maximum absolute atomic E-state index is 5.27. The Morgan fingerprint density at radius 2 is 2.00 bits per heavy atom. The summed E-state index contributed by atoms with van der Waals surface area (Å²) in [6, 6.07) is 0. The monoisotopic (exact) mass is 210 g/mol. The van der Waals surface area contributed by atoms with Crippen molar-refractivity contribution >= 4 is 15.9 Å². The fraction of sp³-hybridized carbons (Fsp3) is 1.00. The first-order valence-corrected chi connectivity index (χ1v) is 4.46. The Labute approximate surface area is 71.0 Å². The van der Waals surface area contributed by atoms with Gasteiger partial charge in [0.15, 0.2) is 6.29 Å². The molecule has 0 fully saturated rings. The van der Waals surface area contributed by atoms with Crippen molar-refractivity contribution in [1.82, 2.24) is 0 Å². The van der Waals surface area contributed by atoms with Crippen LogP contribution < -0.4 is 0 Å². The van der Waals surface area contributed by atoms with E-state index in [9.17, 15) is 0 Å². The molecule has 0 rings (SSSR count). The average Bonchev–Trinajstić information content (AvgIpc) is 1.99. The largest absolute Gasteiger partial charge is 0.355 e. The lowest BCUT2D eigenvalue weighted by molar-refractivity contribution is -0.118. The number of methoxy groups -OCH3 is 1. The smallest absolute Gasteiger partial charge is 0.169 e. The van der Waals surface area contributed by atoms with Gasteiger partial charge in [-0.25, -0.2) is 0 Å². The molecule has 0 radical (unpaired) electrons. The van der Waals surface area contributed by atoms with Crippen molar-refractivity contribution in [2.45, 2.75) is 31.4 Å². The topological polar surface area (TPSA) is 18.5 Å². The van der Waals surface area contributed by atoms with E-state index in [1.54, 1.807) is 7.11 Å². The molecule has 0 aromatic rings. The Morgan fingerprint density at radius 1 is 1.40 bits per heavy atom. The number of hydrogen-bond donors (Lipinski definition) is 0. The van der Waals surface area contributed by atoms with Crippen LogP contribution in [-0.2, 0) is 9.47 Å². The molecule has 2 atom stereocenters. The zero-order valence-electron chi connectivity index (χ0n) is 6.76. The summed E-state index contributed by atoms with van der Waals surface area (Å²) in [4.78, 5) is 0.303. The zero-order valence-corrected chi connectivity index (χ0v) is 8.35. The number of hydrogen-bond acceptors (Lipinski definition) is 2. The Balaban J connectivity index is 3.56. The maximum atomic E-state index is 5.27. The van der Waals surface area contributed by atoms with Gasteiger partial charge in [0.2, 0.25) is 0 Å². The molecule has 3 heteroatoms. The molecule has 0 bridgehead atoms. The van der Waals surface area contributed by atoms with Gasteiger partial charge >= 0.3 is 0 Å². The molecule has 0 spiro atoms. The van der Waals surface area contributed by atoms with Crippen LogP contribution in [0.3, 0.4) is 0 Å². The van der Waals surface area contributed by atoms with Crippen molar-refractivity contribution in [1.29, 1.82) is 0 Å². The maximum Gasteiger partial charge on any atom is 0.169 e. The Bertz CT molecular complexity index is 78.0. The van der Waals surface area contributed by atoms with Crippen LogP contribution in [0.5, 0.6) is 0 Å². The second-order valence-corrected chi connectivity index (χ2v) is 3.16. The molecule has 0 N–H and O–H groups in total. The molecule has 0 aliphatic rings. The molecule has 0 aliphatic carbocycles. The van der Waals surface area contributed by atoms with E-state index in [2.05, 4.69) is 22.9 Å². The fourth-order valence-electron chi connectivity index (χ4n) is 0.677. The molecule has 0 amide bonds. The second-order valence-electron chi connectivity index (χ2n) is 1.98. The normalized spacial score (nSPS) is 16.8. The van der Waals surface area contributed by atoms with Gasteiger partial charge in [0, 0.05) is 13.7 Å². The predicted octanol–water partition coefficient (Wildman–Crippen LogP) is 2.17. The van der Waals surface area contributed by atoms with E-state index in [1.807, 2.05) is 6.92 Å². The minimum Gasteiger partial charge on any atom is -0.355 e. The first kappa shape index (κ1) is 10.4. The van der Waals surface area contributed by atoms with Crippen LogP contribution in [-0.4, -0.2) is 24.8 Å². The van der Waals surface area contributed by atoms with E-state index in [4.69, 9.17) is 9.47 Å². The van der Waals surface area contributed by atoms with E-state index in [1.165, 1.54) is 0 Å². The van der Waals surface area contributed by atoms with Gasteiger partial charge in [0.05, 0.1) is 4.83 Å². The van der Waals surface area contributed by atoms with Crippen molar-refractivity contribution in [3.8, 4) is 0 Å². The Morgan fingerprint density at radius 3 is 2.30 bits per heavy atom. The summed E-state index contributed by atoms with van der Waals surface area (Å²) in [5, 5.41) is 0. The standard InChI is InChI=1S/C7H15BrO2/c1-4-6(8)7(9-3)10-5-2/h6-7H,4-5H2,1-3H3/t6-,7+/m0/s1. The van der Waals surface area contributed by atoms with Gasteiger partial charge < -0.3 is 9.47 Å². The molecule has 0 aliphatic heterocycles. The molecule has 0 saturated carbocycles. The summed E-state index contributed by atoms with van der Waals surface area (Å²) in [5.41, 5.74) is 0. The number of ether oxygens (including phenoxy) is 2. The van der Waals surface area contributed by atoms with Crippen LogP contribution in [0.2, 0.25) is 0 Å². The zero-order chi connectivity index (χ0) is 7.98. The Hall–Kier alpha value is 0.400. The summed E-state index contributed by atoms with van der Waals surface area (Å²) < 4.78 is 10.3. The average molecular weight is 211 g/mol. The lowest BCUT2D eigenvalue weighted by atomic mass is 10.3. The van der Waals surface area contributed by atoms with Crippen molar-refractivity contribution in [2.24, 2.45) is 0 Å². The van der Waals surface area contributed by atoms with Gasteiger partial charge in [-0.05, 0) is 13.3 Å². The minimum atomic E-state index is -0.102. The van der Waals surface area contributed by atoms with Crippen molar-refractivity contribution < 1.29 is 9.47 Å². The van der Waals surface area contributed by atoms with Crippen LogP contribution in [0.15, 0.2) is 0 Å². The lowest BCUT2D eigenvalue weighted by Gasteiger charge is -2.19. The van der Waals surface area contributed by atoms with E-state index in [0.717, 1.165) is 6.42 Å². The summed E-state index contributed by atoms with van der Waals surface area (Å²) in [5.74, 6) is 0. The molecule has 0 aromatic carbocycles. The predicted molar refractivity (Wildman–Crippen MR) is 45.4 cm³/mol. The van der Waals surface area contributed by atoms with Gasteiger partial charge in [-0.3, -0.25) is 0 Å². The van der Waals surface area contributed by atoms with Gasteiger partial charge in [-0.15, -0.1) is 0 Å². The molecule has 10 heavy (non-hydrogen) atoms. The van der Waals surface area contributed by atoms with Crippen LogP contribution in [0, 0.1) is 0 Å². The highest BCUT2D eigenvalue weighted by Crippen LogP contribution is 2.13. The van der Waals surface area contributed by atoms with Crippen LogP contribution in [0.25, 0.3) is 0 Å². The van der Waals surface area contributed by atoms with Crippen molar-refractivity contribution in [3.63, 3.8) is 0 Å². The third kappa shape index (κ3) is 3.54. The molecule has 2 nitrogen and oxygen atoms in total. The minimum absolute atomic E-state index is 0.102. The first-order chi connectivity index (χ1) is 4.76. The van der Waals surface area contributed by atoms with E-state index >= 15 is 0 Å². The molecule has 0 aromatic heterocycles. The highest BCUT2D eigenvalue weighted by molar-refractivity contribution is 9.09. The molecule has 62 valence electrons. The van der Waals surface area contributed by atoms with E-state index in [-0.39, 0.29) is 6.29 Å². The van der Waals surface area contributed by atoms with Crippen LogP contribution >= 0.6 is 15.9 Å². The number of halogens is 1. The summed E-state index contributed by atoms with van der Waals surface area (Å²) in [7, 11) is 1.66. The summed E-state index contributed by atoms with van der Waals surface area (Å²) in [6.45, 7) is 4.74. The number of rotatable bonds is 5. The molecular formula is C7H15BrO2. The lowest BCUT2D eigenvalue weighted by Crippen LogP contribution is -2.25. The van der Waals surface area contributed by atoms with Gasteiger partial charge in [-0.2, -0.15) is 0 Å².